The largest absolute Gasteiger partial charge is 0.502 e. The fourth-order valence-electron chi connectivity index (χ4n) is 2.46. The summed E-state index contributed by atoms with van der Waals surface area (Å²) >= 11 is 0. The highest BCUT2D eigenvalue weighted by Gasteiger charge is 2.36. The van der Waals surface area contributed by atoms with Crippen LogP contribution in [0, 0.1) is 0 Å². The number of rotatable bonds is 8. The monoisotopic (exact) mass is 346 g/mol. The summed E-state index contributed by atoms with van der Waals surface area (Å²) in [6.07, 6.45) is 1.37. The molecule has 0 radical (unpaired) electrons. The Labute approximate surface area is 135 Å². The minimum atomic E-state index is -2.12. The van der Waals surface area contributed by atoms with Crippen molar-refractivity contribution in [2.24, 2.45) is 10.2 Å². The maximum atomic E-state index is 11.9. The third kappa shape index (κ3) is 9.09. The SMILES string of the molecule is CCC[Si](CCC)(CCC)OC(=O)/N=N/C(=O)O[Si](C)(C)C. The molecule has 0 fully saturated rings. The topological polar surface area (TPSA) is 77.3 Å². The second-order valence-corrected chi connectivity index (χ2v) is 15.0. The van der Waals surface area contributed by atoms with Crippen LogP contribution in [0.25, 0.3) is 0 Å². The number of azo groups is 1. The summed E-state index contributed by atoms with van der Waals surface area (Å²) in [7, 11) is -4.15. The summed E-state index contributed by atoms with van der Waals surface area (Å²) < 4.78 is 10.8. The second kappa shape index (κ2) is 9.88. The molecule has 0 aliphatic carbocycles. The summed E-state index contributed by atoms with van der Waals surface area (Å²) in [6.45, 7) is 11.9. The van der Waals surface area contributed by atoms with Gasteiger partial charge in [0.15, 0.2) is 0 Å². The van der Waals surface area contributed by atoms with Crippen LogP contribution >= 0.6 is 0 Å². The maximum absolute atomic E-state index is 11.9. The Morgan fingerprint density at radius 3 is 1.45 bits per heavy atom. The Kier molecular flexibility index (Phi) is 9.42. The van der Waals surface area contributed by atoms with Crippen molar-refractivity contribution >= 4 is 28.8 Å². The van der Waals surface area contributed by atoms with Gasteiger partial charge in [0, 0.05) is 0 Å². The third-order valence-electron chi connectivity index (χ3n) is 3.03. The van der Waals surface area contributed by atoms with Crippen LogP contribution in [-0.4, -0.2) is 28.8 Å². The Morgan fingerprint density at radius 2 is 1.14 bits per heavy atom. The quantitative estimate of drug-likeness (QED) is 0.416. The van der Waals surface area contributed by atoms with Crippen LogP contribution < -0.4 is 0 Å². The minimum absolute atomic E-state index is 0.755. The van der Waals surface area contributed by atoms with Gasteiger partial charge < -0.3 is 8.85 Å². The van der Waals surface area contributed by atoms with E-state index in [1.807, 2.05) is 19.6 Å². The zero-order valence-electron chi connectivity index (χ0n) is 14.8. The molecular formula is C14H30N2O4Si2. The summed E-state index contributed by atoms with van der Waals surface area (Å²) in [6, 6.07) is 2.78. The number of carbonyl (C=O) groups excluding carboxylic acids is 2. The predicted molar refractivity (Wildman–Crippen MR) is 92.2 cm³/mol. The molecule has 128 valence electrons. The van der Waals surface area contributed by atoms with Crippen LogP contribution in [0.15, 0.2) is 10.2 Å². The van der Waals surface area contributed by atoms with Crippen LogP contribution in [0.1, 0.15) is 40.0 Å². The van der Waals surface area contributed by atoms with Crippen molar-refractivity contribution in [1.82, 2.24) is 0 Å². The Balaban J connectivity index is 4.78. The average molecular weight is 347 g/mol. The first kappa shape index (κ1) is 21.0. The van der Waals surface area contributed by atoms with Crippen molar-refractivity contribution in [2.45, 2.75) is 77.8 Å². The molecule has 0 saturated carbocycles. The molecule has 0 saturated heterocycles. The lowest BCUT2D eigenvalue weighted by Gasteiger charge is -2.29. The molecule has 0 N–H and O–H groups in total. The van der Waals surface area contributed by atoms with Crippen LogP contribution in [0.4, 0.5) is 9.59 Å². The number of hydrogen-bond donors (Lipinski definition) is 0. The highest BCUT2D eigenvalue weighted by Crippen LogP contribution is 2.28. The van der Waals surface area contributed by atoms with Crippen molar-refractivity contribution in [3.8, 4) is 0 Å². The number of hydrogen-bond acceptors (Lipinski definition) is 4. The maximum Gasteiger partial charge on any atom is 0.439 e. The van der Waals surface area contributed by atoms with Crippen LogP contribution in [0.5, 0.6) is 0 Å². The molecule has 6 nitrogen and oxygen atoms in total. The standard InChI is InChI=1S/C14H30N2O4Si2/c1-7-10-22(11-8-2,12-9-3)20-14(18)16-15-13(17)19-21(4,5)6/h7-12H2,1-6H3/b16-15+. The van der Waals surface area contributed by atoms with Crippen LogP contribution in [0.3, 0.4) is 0 Å². The third-order valence-corrected chi connectivity index (χ3v) is 8.66. The van der Waals surface area contributed by atoms with Crippen molar-refractivity contribution in [3.05, 3.63) is 0 Å². The Morgan fingerprint density at radius 1 is 0.773 bits per heavy atom. The van der Waals surface area contributed by atoms with Gasteiger partial charge in [-0.05, 0) is 37.8 Å². The molecule has 0 aromatic heterocycles. The lowest BCUT2D eigenvalue weighted by Crippen LogP contribution is -2.39. The van der Waals surface area contributed by atoms with Gasteiger partial charge in [-0.2, -0.15) is 0 Å². The van der Waals surface area contributed by atoms with Crippen molar-refractivity contribution in [3.63, 3.8) is 0 Å². The number of nitrogens with zero attached hydrogens (tertiary/aromatic N) is 2. The van der Waals surface area contributed by atoms with E-state index in [2.05, 4.69) is 31.0 Å². The van der Waals surface area contributed by atoms with Gasteiger partial charge in [-0.1, -0.05) is 50.3 Å². The molecule has 0 bridgehead atoms. The van der Waals surface area contributed by atoms with Gasteiger partial charge in [0.25, 0.3) is 8.32 Å². The van der Waals surface area contributed by atoms with Gasteiger partial charge in [-0.3, -0.25) is 0 Å². The first-order valence-corrected chi connectivity index (χ1v) is 14.0. The molecule has 0 aliphatic heterocycles. The molecule has 0 aromatic rings. The van der Waals surface area contributed by atoms with E-state index in [0.29, 0.717) is 0 Å². The lowest BCUT2D eigenvalue weighted by atomic mass is 10.6. The van der Waals surface area contributed by atoms with E-state index in [-0.39, 0.29) is 0 Å². The zero-order valence-corrected chi connectivity index (χ0v) is 16.8. The van der Waals surface area contributed by atoms with E-state index >= 15 is 0 Å². The fourth-order valence-corrected chi connectivity index (χ4v) is 7.23. The fraction of sp³-hybridized carbons (Fsp3) is 0.857. The lowest BCUT2D eigenvalue weighted by molar-refractivity contribution is 0.197. The zero-order chi connectivity index (χ0) is 17.2. The molecule has 0 rings (SSSR count). The molecule has 22 heavy (non-hydrogen) atoms. The number of amides is 2. The predicted octanol–water partition coefficient (Wildman–Crippen LogP) is 5.72. The summed E-state index contributed by atoms with van der Waals surface area (Å²) in [4.78, 5) is 23.4. The van der Waals surface area contributed by atoms with Gasteiger partial charge in [0.1, 0.15) is 0 Å². The van der Waals surface area contributed by atoms with E-state index in [1.54, 1.807) is 0 Å². The average Bonchev–Trinajstić information content (AvgIpc) is 2.35. The molecule has 0 heterocycles. The molecule has 0 aliphatic rings. The van der Waals surface area contributed by atoms with Gasteiger partial charge in [-0.25, -0.2) is 9.59 Å². The first-order valence-electron chi connectivity index (χ1n) is 8.05. The van der Waals surface area contributed by atoms with E-state index in [9.17, 15) is 9.59 Å². The molecule has 2 amide bonds. The first-order chi connectivity index (χ1) is 10.2. The molecule has 8 heteroatoms. The molecular weight excluding hydrogens is 316 g/mol. The molecule has 0 unspecified atom stereocenters. The summed E-state index contributed by atoms with van der Waals surface area (Å²) in [5.74, 6) is 0. The highest BCUT2D eigenvalue weighted by atomic mass is 28.4. The second-order valence-electron chi connectivity index (χ2n) is 6.48. The van der Waals surface area contributed by atoms with E-state index in [0.717, 1.165) is 37.4 Å². The summed E-state index contributed by atoms with van der Waals surface area (Å²) in [5, 5.41) is 6.71. The van der Waals surface area contributed by atoms with Crippen molar-refractivity contribution in [2.75, 3.05) is 0 Å². The highest BCUT2D eigenvalue weighted by molar-refractivity contribution is 6.75. The van der Waals surface area contributed by atoms with Gasteiger partial charge in [0.05, 0.1) is 0 Å². The Hall–Kier alpha value is -1.03. The minimum Gasteiger partial charge on any atom is -0.502 e. The number of carbonyl (C=O) groups is 2. The van der Waals surface area contributed by atoms with E-state index in [4.69, 9.17) is 8.85 Å². The smallest absolute Gasteiger partial charge is 0.439 e. The molecule has 0 atom stereocenters. The van der Waals surface area contributed by atoms with E-state index in [1.165, 1.54) is 0 Å². The summed E-state index contributed by atoms with van der Waals surface area (Å²) in [5.41, 5.74) is 0. The molecule has 0 spiro atoms. The normalized spacial score (nSPS) is 12.5. The Bertz CT molecular complexity index is 378. The van der Waals surface area contributed by atoms with E-state index < -0.39 is 28.8 Å². The van der Waals surface area contributed by atoms with Crippen molar-refractivity contribution in [1.29, 1.82) is 0 Å². The van der Waals surface area contributed by atoms with Gasteiger partial charge >= 0.3 is 12.2 Å². The van der Waals surface area contributed by atoms with Gasteiger partial charge in [-0.15, -0.1) is 0 Å². The van der Waals surface area contributed by atoms with Gasteiger partial charge in [0.2, 0.25) is 8.32 Å². The molecule has 0 aromatic carbocycles. The van der Waals surface area contributed by atoms with Crippen LogP contribution in [-0.2, 0) is 8.85 Å². The van der Waals surface area contributed by atoms with Crippen molar-refractivity contribution < 1.29 is 18.4 Å². The van der Waals surface area contributed by atoms with Crippen LogP contribution in [0.2, 0.25) is 37.8 Å².